The standard InChI is InChI=1S/C14H30N2O2/c1-11(2)8-6-7-9-12(10-15)16-13(17)18-14(3,4)5/h11-12H,6-10,15H2,1-5H3,(H,16,17)/t12-/m0/s1. The van der Waals surface area contributed by atoms with Crippen LogP contribution in [0.4, 0.5) is 4.79 Å². The van der Waals surface area contributed by atoms with Crippen LogP contribution in [0.1, 0.15) is 60.3 Å². The normalized spacial score (nSPS) is 13.5. The van der Waals surface area contributed by atoms with E-state index >= 15 is 0 Å². The maximum atomic E-state index is 11.6. The minimum absolute atomic E-state index is 0.0204. The Balaban J connectivity index is 3.86. The molecule has 0 aromatic heterocycles. The molecule has 0 saturated heterocycles. The Hall–Kier alpha value is -0.770. The summed E-state index contributed by atoms with van der Waals surface area (Å²) in [6.07, 6.45) is 4.05. The van der Waals surface area contributed by atoms with E-state index in [9.17, 15) is 4.79 Å². The monoisotopic (exact) mass is 258 g/mol. The summed E-state index contributed by atoms with van der Waals surface area (Å²) in [7, 11) is 0. The van der Waals surface area contributed by atoms with E-state index in [4.69, 9.17) is 10.5 Å². The maximum Gasteiger partial charge on any atom is 0.407 e. The molecule has 0 spiro atoms. The zero-order valence-corrected chi connectivity index (χ0v) is 12.6. The smallest absolute Gasteiger partial charge is 0.407 e. The number of nitrogens with one attached hydrogen (secondary N) is 1. The number of amides is 1. The molecular formula is C14H30N2O2. The number of nitrogens with two attached hydrogens (primary N) is 1. The SMILES string of the molecule is CC(C)CCCC[C@@H](CN)NC(=O)OC(C)(C)C. The number of ether oxygens (including phenoxy) is 1. The average molecular weight is 258 g/mol. The molecule has 0 aliphatic carbocycles. The van der Waals surface area contributed by atoms with Gasteiger partial charge < -0.3 is 15.8 Å². The Kier molecular flexibility index (Phi) is 8.00. The van der Waals surface area contributed by atoms with Crippen LogP contribution < -0.4 is 11.1 Å². The van der Waals surface area contributed by atoms with Crippen molar-refractivity contribution in [1.29, 1.82) is 0 Å². The van der Waals surface area contributed by atoms with Crippen LogP contribution in [0.25, 0.3) is 0 Å². The fourth-order valence-electron chi connectivity index (χ4n) is 1.67. The lowest BCUT2D eigenvalue weighted by Crippen LogP contribution is -2.42. The third-order valence-corrected chi connectivity index (χ3v) is 2.59. The summed E-state index contributed by atoms with van der Waals surface area (Å²) >= 11 is 0. The largest absolute Gasteiger partial charge is 0.444 e. The molecule has 0 aromatic rings. The molecule has 0 aromatic carbocycles. The molecule has 0 rings (SSSR count). The topological polar surface area (TPSA) is 64.3 Å². The van der Waals surface area contributed by atoms with E-state index in [0.717, 1.165) is 18.8 Å². The van der Waals surface area contributed by atoms with E-state index in [0.29, 0.717) is 6.54 Å². The molecule has 4 heteroatoms. The number of hydrogen-bond donors (Lipinski definition) is 2. The van der Waals surface area contributed by atoms with Crippen molar-refractivity contribution in [3.8, 4) is 0 Å². The Morgan fingerprint density at radius 3 is 2.22 bits per heavy atom. The fourth-order valence-corrected chi connectivity index (χ4v) is 1.67. The van der Waals surface area contributed by atoms with Gasteiger partial charge in [0.2, 0.25) is 0 Å². The second-order valence-corrected chi connectivity index (χ2v) is 6.26. The van der Waals surface area contributed by atoms with Crippen molar-refractivity contribution in [2.24, 2.45) is 11.7 Å². The number of rotatable bonds is 7. The van der Waals surface area contributed by atoms with E-state index in [1.807, 2.05) is 20.8 Å². The van der Waals surface area contributed by atoms with E-state index < -0.39 is 5.60 Å². The second-order valence-electron chi connectivity index (χ2n) is 6.26. The number of unbranched alkanes of at least 4 members (excludes halogenated alkanes) is 1. The molecule has 0 saturated carbocycles. The zero-order valence-electron chi connectivity index (χ0n) is 12.6. The molecule has 0 fully saturated rings. The van der Waals surface area contributed by atoms with Crippen molar-refractivity contribution in [2.45, 2.75) is 71.9 Å². The Labute approximate surface area is 112 Å². The molecule has 0 radical (unpaired) electrons. The Morgan fingerprint density at radius 2 is 1.78 bits per heavy atom. The van der Waals surface area contributed by atoms with Gasteiger partial charge in [0.25, 0.3) is 0 Å². The molecule has 0 bridgehead atoms. The van der Waals surface area contributed by atoms with Gasteiger partial charge in [-0.25, -0.2) is 4.79 Å². The molecule has 1 atom stereocenters. The lowest BCUT2D eigenvalue weighted by molar-refractivity contribution is 0.0503. The van der Waals surface area contributed by atoms with Crippen molar-refractivity contribution in [1.82, 2.24) is 5.32 Å². The van der Waals surface area contributed by atoms with Gasteiger partial charge in [-0.05, 0) is 33.1 Å². The third kappa shape index (κ3) is 10.4. The van der Waals surface area contributed by atoms with Gasteiger partial charge in [0.15, 0.2) is 0 Å². The summed E-state index contributed by atoms with van der Waals surface area (Å²) in [5, 5.41) is 2.83. The van der Waals surface area contributed by atoms with Gasteiger partial charge in [0.05, 0.1) is 0 Å². The van der Waals surface area contributed by atoms with Gasteiger partial charge in [-0.2, -0.15) is 0 Å². The number of alkyl carbamates (subject to hydrolysis) is 1. The molecule has 108 valence electrons. The Morgan fingerprint density at radius 1 is 1.22 bits per heavy atom. The van der Waals surface area contributed by atoms with Gasteiger partial charge >= 0.3 is 6.09 Å². The van der Waals surface area contributed by atoms with Crippen molar-refractivity contribution >= 4 is 6.09 Å². The van der Waals surface area contributed by atoms with Crippen LogP contribution in [-0.4, -0.2) is 24.3 Å². The van der Waals surface area contributed by atoms with E-state index in [1.165, 1.54) is 12.8 Å². The lowest BCUT2D eigenvalue weighted by Gasteiger charge is -2.23. The summed E-state index contributed by atoms with van der Waals surface area (Å²) in [5.41, 5.74) is 5.20. The Bertz CT molecular complexity index is 234. The molecule has 0 unspecified atom stereocenters. The van der Waals surface area contributed by atoms with E-state index in [1.54, 1.807) is 0 Å². The summed E-state index contributed by atoms with van der Waals surface area (Å²) in [6, 6.07) is 0.0204. The summed E-state index contributed by atoms with van der Waals surface area (Å²) < 4.78 is 5.21. The summed E-state index contributed by atoms with van der Waals surface area (Å²) in [6.45, 7) is 10.5. The van der Waals surface area contributed by atoms with Crippen molar-refractivity contribution in [3.05, 3.63) is 0 Å². The van der Waals surface area contributed by atoms with Crippen LogP contribution in [0.5, 0.6) is 0 Å². The van der Waals surface area contributed by atoms with Crippen LogP contribution in [0.3, 0.4) is 0 Å². The van der Waals surface area contributed by atoms with E-state index in [-0.39, 0.29) is 12.1 Å². The first kappa shape index (κ1) is 17.2. The van der Waals surface area contributed by atoms with Gasteiger partial charge in [-0.3, -0.25) is 0 Å². The van der Waals surface area contributed by atoms with Crippen LogP contribution in [0.2, 0.25) is 0 Å². The third-order valence-electron chi connectivity index (χ3n) is 2.59. The molecular weight excluding hydrogens is 228 g/mol. The number of hydrogen-bond acceptors (Lipinski definition) is 3. The summed E-state index contributed by atoms with van der Waals surface area (Å²) in [5.74, 6) is 0.736. The maximum absolute atomic E-state index is 11.6. The molecule has 1 amide bonds. The summed E-state index contributed by atoms with van der Waals surface area (Å²) in [4.78, 5) is 11.6. The zero-order chi connectivity index (χ0) is 14.2. The molecule has 0 aliphatic heterocycles. The van der Waals surface area contributed by atoms with Gasteiger partial charge in [0, 0.05) is 12.6 Å². The lowest BCUT2D eigenvalue weighted by atomic mass is 10.0. The molecule has 18 heavy (non-hydrogen) atoms. The molecule has 4 nitrogen and oxygen atoms in total. The second kappa shape index (κ2) is 8.35. The van der Waals surface area contributed by atoms with Gasteiger partial charge in [-0.1, -0.05) is 33.1 Å². The number of carbonyl (C=O) groups excluding carboxylic acids is 1. The minimum atomic E-state index is -0.457. The van der Waals surface area contributed by atoms with Crippen molar-refractivity contribution in [2.75, 3.05) is 6.54 Å². The quantitative estimate of drug-likeness (QED) is 0.690. The van der Waals surface area contributed by atoms with Crippen LogP contribution >= 0.6 is 0 Å². The van der Waals surface area contributed by atoms with Gasteiger partial charge in [-0.15, -0.1) is 0 Å². The fraction of sp³-hybridized carbons (Fsp3) is 0.929. The highest BCUT2D eigenvalue weighted by Gasteiger charge is 2.18. The predicted octanol–water partition coefficient (Wildman–Crippen LogP) is 3.05. The van der Waals surface area contributed by atoms with Crippen LogP contribution in [0, 0.1) is 5.92 Å². The van der Waals surface area contributed by atoms with Crippen molar-refractivity contribution < 1.29 is 9.53 Å². The average Bonchev–Trinajstić information content (AvgIpc) is 2.19. The first-order valence-corrected chi connectivity index (χ1v) is 6.94. The minimum Gasteiger partial charge on any atom is -0.444 e. The van der Waals surface area contributed by atoms with E-state index in [2.05, 4.69) is 19.2 Å². The first-order valence-electron chi connectivity index (χ1n) is 6.94. The predicted molar refractivity (Wildman–Crippen MR) is 75.5 cm³/mol. The number of carbonyl (C=O) groups is 1. The first-order chi connectivity index (χ1) is 8.24. The van der Waals surface area contributed by atoms with Crippen LogP contribution in [0.15, 0.2) is 0 Å². The molecule has 0 heterocycles. The highest BCUT2D eigenvalue weighted by molar-refractivity contribution is 5.68. The molecule has 3 N–H and O–H groups in total. The van der Waals surface area contributed by atoms with Crippen LogP contribution in [-0.2, 0) is 4.74 Å². The highest BCUT2D eigenvalue weighted by atomic mass is 16.6. The van der Waals surface area contributed by atoms with Gasteiger partial charge in [0.1, 0.15) is 5.60 Å². The van der Waals surface area contributed by atoms with Crippen molar-refractivity contribution in [3.63, 3.8) is 0 Å². The highest BCUT2D eigenvalue weighted by Crippen LogP contribution is 2.10. The molecule has 0 aliphatic rings.